The molecule has 31 heavy (non-hydrogen) atoms. The maximum atomic E-state index is 13.4. The summed E-state index contributed by atoms with van der Waals surface area (Å²) in [6.45, 7) is 4.72. The second-order valence-corrected chi connectivity index (χ2v) is 8.53. The molecule has 1 aliphatic heterocycles. The Kier molecular flexibility index (Phi) is 5.03. The molecule has 2 aromatic carbocycles. The number of fused-ring (bicyclic) bond motifs is 2. The number of hydrogen-bond acceptors (Lipinski definition) is 6. The van der Waals surface area contributed by atoms with Crippen molar-refractivity contribution in [3.8, 4) is 11.5 Å². The Hall–Kier alpha value is -3.45. The first-order valence-electron chi connectivity index (χ1n) is 10.0. The minimum atomic E-state index is -0.0436. The second kappa shape index (κ2) is 8.00. The Morgan fingerprint density at radius 2 is 1.97 bits per heavy atom. The molecule has 0 N–H and O–H groups in total. The lowest BCUT2D eigenvalue weighted by Crippen LogP contribution is -2.32. The molecule has 7 heteroatoms. The van der Waals surface area contributed by atoms with E-state index in [4.69, 9.17) is 14.5 Å². The minimum absolute atomic E-state index is 0.0436. The van der Waals surface area contributed by atoms with Crippen molar-refractivity contribution < 1.29 is 14.3 Å². The van der Waals surface area contributed by atoms with Crippen molar-refractivity contribution in [3.05, 3.63) is 77.1 Å². The molecule has 2 aromatic heterocycles. The van der Waals surface area contributed by atoms with Crippen LogP contribution in [0.4, 0.5) is 5.13 Å². The van der Waals surface area contributed by atoms with Crippen molar-refractivity contribution in [2.45, 2.75) is 26.8 Å². The number of ether oxygens (including phenoxy) is 2. The van der Waals surface area contributed by atoms with E-state index in [-0.39, 0.29) is 19.1 Å². The molecule has 1 aliphatic rings. The molecule has 0 bridgehead atoms. The number of carbonyl (C=O) groups is 1. The fourth-order valence-electron chi connectivity index (χ4n) is 3.57. The molecule has 156 valence electrons. The zero-order valence-electron chi connectivity index (χ0n) is 17.3. The fourth-order valence-corrected chi connectivity index (χ4v) is 4.61. The molecule has 0 unspecified atom stereocenters. The first-order valence-corrected chi connectivity index (χ1v) is 10.9. The molecule has 0 atom stereocenters. The maximum Gasteiger partial charge on any atom is 0.233 e. The van der Waals surface area contributed by atoms with Crippen molar-refractivity contribution >= 4 is 32.6 Å². The van der Waals surface area contributed by atoms with E-state index in [0.717, 1.165) is 27.0 Å². The lowest BCUT2D eigenvalue weighted by Gasteiger charge is -2.19. The predicted octanol–water partition coefficient (Wildman–Crippen LogP) is 4.81. The van der Waals surface area contributed by atoms with Crippen LogP contribution in [0.3, 0.4) is 0 Å². The fraction of sp³-hybridized carbons (Fsp3) is 0.208. The zero-order valence-corrected chi connectivity index (χ0v) is 18.1. The monoisotopic (exact) mass is 431 g/mol. The van der Waals surface area contributed by atoms with Gasteiger partial charge in [-0.25, -0.2) is 4.98 Å². The smallest absolute Gasteiger partial charge is 0.233 e. The topological polar surface area (TPSA) is 64.6 Å². The van der Waals surface area contributed by atoms with Gasteiger partial charge in [0.2, 0.25) is 12.7 Å². The summed E-state index contributed by atoms with van der Waals surface area (Å²) in [5.74, 6) is 1.34. The molecule has 0 spiro atoms. The minimum Gasteiger partial charge on any atom is -0.454 e. The number of thiazole rings is 1. The summed E-state index contributed by atoms with van der Waals surface area (Å²) in [5, 5.41) is 0.681. The van der Waals surface area contributed by atoms with E-state index < -0.39 is 0 Å². The van der Waals surface area contributed by atoms with E-state index in [0.29, 0.717) is 23.2 Å². The third-order valence-electron chi connectivity index (χ3n) is 5.44. The van der Waals surface area contributed by atoms with Crippen LogP contribution >= 0.6 is 11.3 Å². The van der Waals surface area contributed by atoms with Gasteiger partial charge in [0, 0.05) is 6.20 Å². The van der Waals surface area contributed by atoms with Crippen LogP contribution in [0.15, 0.2) is 54.7 Å². The molecule has 1 amide bonds. The van der Waals surface area contributed by atoms with Gasteiger partial charge < -0.3 is 9.47 Å². The Bertz CT molecular complexity index is 1270. The first kappa shape index (κ1) is 19.5. The molecular formula is C24H21N3O3S. The van der Waals surface area contributed by atoms with Crippen molar-refractivity contribution in [2.75, 3.05) is 11.7 Å². The molecule has 6 nitrogen and oxygen atoms in total. The van der Waals surface area contributed by atoms with Crippen LogP contribution in [0, 0.1) is 13.8 Å². The summed E-state index contributed by atoms with van der Waals surface area (Å²) in [6, 6.07) is 15.5. The highest BCUT2D eigenvalue weighted by Gasteiger charge is 2.23. The van der Waals surface area contributed by atoms with Crippen LogP contribution in [0.1, 0.15) is 22.4 Å². The summed E-state index contributed by atoms with van der Waals surface area (Å²) in [4.78, 5) is 24.4. The molecule has 0 saturated heterocycles. The third-order valence-corrected chi connectivity index (χ3v) is 6.49. The van der Waals surface area contributed by atoms with Gasteiger partial charge in [-0.15, -0.1) is 0 Å². The highest BCUT2D eigenvalue weighted by Crippen LogP contribution is 2.35. The van der Waals surface area contributed by atoms with Gasteiger partial charge in [-0.1, -0.05) is 29.5 Å². The number of anilines is 1. The van der Waals surface area contributed by atoms with Crippen molar-refractivity contribution in [1.29, 1.82) is 0 Å². The molecule has 0 saturated carbocycles. The molecule has 0 aliphatic carbocycles. The van der Waals surface area contributed by atoms with Gasteiger partial charge in [0.15, 0.2) is 16.6 Å². The largest absolute Gasteiger partial charge is 0.454 e. The van der Waals surface area contributed by atoms with Crippen molar-refractivity contribution in [1.82, 2.24) is 9.97 Å². The number of hydrogen-bond donors (Lipinski definition) is 0. The number of carbonyl (C=O) groups excluding carboxylic acids is 1. The van der Waals surface area contributed by atoms with Gasteiger partial charge in [-0.3, -0.25) is 14.7 Å². The Balaban J connectivity index is 1.49. The van der Waals surface area contributed by atoms with E-state index >= 15 is 0 Å². The number of rotatable bonds is 5. The third kappa shape index (κ3) is 3.84. The SMILES string of the molecule is Cc1ccc2sc(N(Cc3ccccn3)C(=O)Cc3ccc4c(c3)OCO4)nc2c1C. The van der Waals surface area contributed by atoms with Gasteiger partial charge in [0.25, 0.3) is 0 Å². The van der Waals surface area contributed by atoms with E-state index in [1.807, 2.05) is 36.4 Å². The average molecular weight is 432 g/mol. The Morgan fingerprint density at radius 1 is 1.10 bits per heavy atom. The zero-order chi connectivity index (χ0) is 21.4. The normalized spacial score (nSPS) is 12.3. The summed E-state index contributed by atoms with van der Waals surface area (Å²) in [5.41, 5.74) is 4.96. The summed E-state index contributed by atoms with van der Waals surface area (Å²) < 4.78 is 11.9. The quantitative estimate of drug-likeness (QED) is 0.454. The molecule has 5 rings (SSSR count). The number of nitrogens with zero attached hydrogens (tertiary/aromatic N) is 3. The molecular weight excluding hydrogens is 410 g/mol. The summed E-state index contributed by atoms with van der Waals surface area (Å²) in [7, 11) is 0. The van der Waals surface area contributed by atoms with Crippen LogP contribution < -0.4 is 14.4 Å². The number of aryl methyl sites for hydroxylation is 2. The van der Waals surface area contributed by atoms with Gasteiger partial charge in [-0.05, 0) is 60.9 Å². The van der Waals surface area contributed by atoms with E-state index in [2.05, 4.69) is 31.0 Å². The van der Waals surface area contributed by atoms with Crippen LogP contribution in [0.2, 0.25) is 0 Å². The lowest BCUT2D eigenvalue weighted by atomic mass is 10.1. The van der Waals surface area contributed by atoms with Gasteiger partial charge in [0.05, 0.1) is 28.9 Å². The maximum absolute atomic E-state index is 13.4. The second-order valence-electron chi connectivity index (χ2n) is 7.52. The Labute approximate surface area is 184 Å². The van der Waals surface area contributed by atoms with Crippen LogP contribution in [0.5, 0.6) is 11.5 Å². The van der Waals surface area contributed by atoms with E-state index in [9.17, 15) is 4.79 Å². The van der Waals surface area contributed by atoms with Gasteiger partial charge >= 0.3 is 0 Å². The Morgan fingerprint density at radius 3 is 2.81 bits per heavy atom. The highest BCUT2D eigenvalue weighted by atomic mass is 32.1. The number of aromatic nitrogens is 2. The van der Waals surface area contributed by atoms with E-state index in [1.54, 1.807) is 11.1 Å². The molecule has 4 aromatic rings. The standard InChI is InChI=1S/C24H21N3O3S/c1-15-6-9-21-23(16(15)2)26-24(31-21)27(13-18-5-3-4-10-25-18)22(28)12-17-7-8-19-20(11-17)30-14-29-19/h3-11H,12-14H2,1-2H3. The average Bonchev–Trinajstić information content (AvgIpc) is 3.42. The number of amides is 1. The molecule has 0 radical (unpaired) electrons. The number of pyridine rings is 1. The molecule has 0 fully saturated rings. The van der Waals surface area contributed by atoms with E-state index in [1.165, 1.54) is 16.9 Å². The number of benzene rings is 2. The van der Waals surface area contributed by atoms with Crippen LogP contribution in [-0.2, 0) is 17.8 Å². The van der Waals surface area contributed by atoms with Gasteiger partial charge in [-0.2, -0.15) is 0 Å². The van der Waals surface area contributed by atoms with Crippen LogP contribution in [-0.4, -0.2) is 22.7 Å². The molecule has 3 heterocycles. The predicted molar refractivity (Wildman–Crippen MR) is 121 cm³/mol. The first-order chi connectivity index (χ1) is 15.1. The van der Waals surface area contributed by atoms with Crippen molar-refractivity contribution in [3.63, 3.8) is 0 Å². The summed E-state index contributed by atoms with van der Waals surface area (Å²) in [6.07, 6.45) is 1.97. The van der Waals surface area contributed by atoms with Crippen LogP contribution in [0.25, 0.3) is 10.2 Å². The lowest BCUT2D eigenvalue weighted by molar-refractivity contribution is -0.118. The van der Waals surface area contributed by atoms with Gasteiger partial charge in [0.1, 0.15) is 0 Å². The van der Waals surface area contributed by atoms with Crippen molar-refractivity contribution in [2.24, 2.45) is 0 Å². The summed E-state index contributed by atoms with van der Waals surface area (Å²) >= 11 is 1.53. The highest BCUT2D eigenvalue weighted by molar-refractivity contribution is 7.22.